The van der Waals surface area contributed by atoms with Gasteiger partial charge in [-0.25, -0.2) is 9.67 Å². The van der Waals surface area contributed by atoms with E-state index in [1.54, 1.807) is 40.3 Å². The van der Waals surface area contributed by atoms with Crippen molar-refractivity contribution in [2.75, 3.05) is 13.2 Å². The maximum Gasteiger partial charge on any atom is 0.255 e. The Morgan fingerprint density at radius 2 is 2.15 bits per heavy atom. The smallest absolute Gasteiger partial charge is 0.255 e. The molecule has 1 fully saturated rings. The Hall–Kier alpha value is -3.06. The van der Waals surface area contributed by atoms with Crippen molar-refractivity contribution < 1.29 is 9.53 Å². The second kappa shape index (κ2) is 8.09. The van der Waals surface area contributed by atoms with Crippen molar-refractivity contribution >= 4 is 5.91 Å². The first kappa shape index (κ1) is 17.4. The summed E-state index contributed by atoms with van der Waals surface area (Å²) in [6.45, 7) is 1.76. The summed E-state index contributed by atoms with van der Waals surface area (Å²) >= 11 is 0. The summed E-state index contributed by atoms with van der Waals surface area (Å²) in [5, 5.41) is 4.15. The molecule has 4 heterocycles. The van der Waals surface area contributed by atoms with Gasteiger partial charge in [-0.2, -0.15) is 5.10 Å². The number of rotatable bonds is 6. The third-order valence-electron chi connectivity index (χ3n) is 4.55. The molecule has 0 aromatic carbocycles. The molecule has 0 aliphatic carbocycles. The Labute approximate surface area is 157 Å². The van der Waals surface area contributed by atoms with E-state index in [0.717, 1.165) is 25.1 Å². The van der Waals surface area contributed by atoms with Gasteiger partial charge in [0, 0.05) is 37.9 Å². The van der Waals surface area contributed by atoms with E-state index in [0.29, 0.717) is 24.5 Å². The highest BCUT2D eigenvalue weighted by Gasteiger charge is 2.24. The fourth-order valence-corrected chi connectivity index (χ4v) is 3.18. The van der Waals surface area contributed by atoms with E-state index < -0.39 is 0 Å². The molecule has 7 heteroatoms. The lowest BCUT2D eigenvalue weighted by Gasteiger charge is -2.25. The van der Waals surface area contributed by atoms with Crippen LogP contribution in [0.25, 0.3) is 5.82 Å². The highest BCUT2D eigenvalue weighted by atomic mass is 16.5. The molecule has 0 saturated carbocycles. The molecule has 1 saturated heterocycles. The summed E-state index contributed by atoms with van der Waals surface area (Å²) in [7, 11) is 0. The number of carbonyl (C=O) groups is 1. The summed E-state index contributed by atoms with van der Waals surface area (Å²) in [5.41, 5.74) is 1.39. The van der Waals surface area contributed by atoms with Gasteiger partial charge < -0.3 is 9.64 Å². The van der Waals surface area contributed by atoms with Crippen LogP contribution in [0, 0.1) is 0 Å². The van der Waals surface area contributed by atoms with Crippen LogP contribution < -0.4 is 0 Å². The first-order valence-corrected chi connectivity index (χ1v) is 9.06. The number of ether oxygens (including phenoxy) is 1. The van der Waals surface area contributed by atoms with Crippen LogP contribution in [0.4, 0.5) is 0 Å². The molecule has 1 aliphatic heterocycles. The minimum Gasteiger partial charge on any atom is -0.376 e. The lowest BCUT2D eigenvalue weighted by Crippen LogP contribution is -2.37. The highest BCUT2D eigenvalue weighted by Crippen LogP contribution is 2.17. The Balaban J connectivity index is 1.53. The molecule has 3 aromatic rings. The van der Waals surface area contributed by atoms with Gasteiger partial charge in [-0.15, -0.1) is 0 Å². The monoisotopic (exact) mass is 363 g/mol. The second-order valence-corrected chi connectivity index (χ2v) is 6.50. The summed E-state index contributed by atoms with van der Waals surface area (Å²) in [4.78, 5) is 23.6. The van der Waals surface area contributed by atoms with Gasteiger partial charge in [-0.05, 0) is 43.2 Å². The van der Waals surface area contributed by atoms with Crippen molar-refractivity contribution in [1.29, 1.82) is 0 Å². The van der Waals surface area contributed by atoms with Gasteiger partial charge in [0.15, 0.2) is 5.82 Å². The highest BCUT2D eigenvalue weighted by molar-refractivity contribution is 5.94. The van der Waals surface area contributed by atoms with Gasteiger partial charge in [0.1, 0.15) is 0 Å². The van der Waals surface area contributed by atoms with E-state index in [1.807, 2.05) is 30.5 Å². The van der Waals surface area contributed by atoms with Crippen molar-refractivity contribution in [3.63, 3.8) is 0 Å². The molecule has 27 heavy (non-hydrogen) atoms. The summed E-state index contributed by atoms with van der Waals surface area (Å²) in [5.74, 6) is 0.600. The molecular formula is C20H21N5O2. The third kappa shape index (κ3) is 4.20. The standard InChI is InChI=1S/C20H21N5O2/c26-20(16-7-8-19(22-13-16)25-11-4-10-23-25)24(15-18-6-3-12-27-18)14-17-5-1-2-9-21-17/h1-2,4-5,7-11,13,18H,3,6,12,14-15H2. The van der Waals surface area contributed by atoms with Crippen molar-refractivity contribution in [3.8, 4) is 5.82 Å². The van der Waals surface area contributed by atoms with E-state index in [2.05, 4.69) is 15.1 Å². The Kier molecular flexibility index (Phi) is 5.20. The predicted octanol–water partition coefficient (Wildman–Crippen LogP) is 2.48. The maximum absolute atomic E-state index is 13.1. The molecule has 1 unspecified atom stereocenters. The quantitative estimate of drug-likeness (QED) is 0.673. The molecule has 0 N–H and O–H groups in total. The first-order chi connectivity index (χ1) is 13.3. The zero-order valence-corrected chi connectivity index (χ0v) is 14.9. The Morgan fingerprint density at radius 3 is 2.81 bits per heavy atom. The lowest BCUT2D eigenvalue weighted by molar-refractivity contribution is 0.0504. The normalized spacial score (nSPS) is 16.4. The number of amides is 1. The molecule has 4 rings (SSSR count). The molecule has 0 bridgehead atoms. The number of pyridine rings is 2. The van der Waals surface area contributed by atoms with Gasteiger partial charge in [0.05, 0.1) is 23.9 Å². The summed E-state index contributed by atoms with van der Waals surface area (Å²) < 4.78 is 7.39. The topological polar surface area (TPSA) is 73.1 Å². The molecule has 7 nitrogen and oxygen atoms in total. The summed E-state index contributed by atoms with van der Waals surface area (Å²) in [6, 6.07) is 11.1. The molecule has 1 aliphatic rings. The number of aromatic nitrogens is 4. The second-order valence-electron chi connectivity index (χ2n) is 6.50. The van der Waals surface area contributed by atoms with Crippen molar-refractivity contribution in [2.45, 2.75) is 25.5 Å². The summed E-state index contributed by atoms with van der Waals surface area (Å²) in [6.07, 6.45) is 8.93. The molecule has 138 valence electrons. The van der Waals surface area contributed by atoms with Crippen LogP contribution in [-0.2, 0) is 11.3 Å². The number of carbonyl (C=O) groups excluding carboxylic acids is 1. The van der Waals surface area contributed by atoms with Crippen LogP contribution in [0.1, 0.15) is 28.9 Å². The first-order valence-electron chi connectivity index (χ1n) is 9.06. The van der Waals surface area contributed by atoms with Gasteiger partial charge in [0.2, 0.25) is 0 Å². The lowest BCUT2D eigenvalue weighted by atomic mass is 10.2. The number of hydrogen-bond donors (Lipinski definition) is 0. The maximum atomic E-state index is 13.1. The fourth-order valence-electron chi connectivity index (χ4n) is 3.18. The number of nitrogens with zero attached hydrogens (tertiary/aromatic N) is 5. The van der Waals surface area contributed by atoms with E-state index in [1.165, 1.54) is 0 Å². The van der Waals surface area contributed by atoms with Gasteiger partial charge >= 0.3 is 0 Å². The Morgan fingerprint density at radius 1 is 1.19 bits per heavy atom. The van der Waals surface area contributed by atoms with Crippen molar-refractivity contribution in [1.82, 2.24) is 24.6 Å². The fraction of sp³-hybridized carbons (Fsp3) is 0.300. The van der Waals surface area contributed by atoms with Crippen LogP contribution in [0.2, 0.25) is 0 Å². The van der Waals surface area contributed by atoms with Crippen LogP contribution in [0.5, 0.6) is 0 Å². The molecule has 3 aromatic heterocycles. The van der Waals surface area contributed by atoms with Crippen LogP contribution >= 0.6 is 0 Å². The van der Waals surface area contributed by atoms with E-state index in [-0.39, 0.29) is 12.0 Å². The average molecular weight is 363 g/mol. The average Bonchev–Trinajstić information content (AvgIpc) is 3.42. The molecule has 0 spiro atoms. The minimum absolute atomic E-state index is 0.0735. The largest absolute Gasteiger partial charge is 0.376 e. The van der Waals surface area contributed by atoms with Crippen LogP contribution in [0.3, 0.4) is 0 Å². The van der Waals surface area contributed by atoms with Crippen LogP contribution in [-0.4, -0.2) is 49.8 Å². The molecule has 1 amide bonds. The molecular weight excluding hydrogens is 342 g/mol. The van der Waals surface area contributed by atoms with Gasteiger partial charge in [0.25, 0.3) is 5.91 Å². The van der Waals surface area contributed by atoms with Crippen molar-refractivity contribution in [3.05, 3.63) is 72.4 Å². The van der Waals surface area contributed by atoms with E-state index in [4.69, 9.17) is 4.74 Å². The van der Waals surface area contributed by atoms with Crippen LogP contribution in [0.15, 0.2) is 61.2 Å². The Bertz CT molecular complexity index is 859. The SMILES string of the molecule is O=C(c1ccc(-n2cccn2)nc1)N(Cc1ccccn1)CC1CCCO1. The van der Waals surface area contributed by atoms with Crippen molar-refractivity contribution in [2.24, 2.45) is 0 Å². The van der Waals surface area contributed by atoms with Gasteiger partial charge in [-0.1, -0.05) is 6.07 Å². The zero-order valence-electron chi connectivity index (χ0n) is 14.9. The third-order valence-corrected chi connectivity index (χ3v) is 4.55. The predicted molar refractivity (Wildman–Crippen MR) is 99.3 cm³/mol. The number of hydrogen-bond acceptors (Lipinski definition) is 5. The molecule has 1 atom stereocenters. The molecule has 0 radical (unpaired) electrons. The van der Waals surface area contributed by atoms with E-state index in [9.17, 15) is 4.79 Å². The zero-order chi connectivity index (χ0) is 18.5. The van der Waals surface area contributed by atoms with Gasteiger partial charge in [-0.3, -0.25) is 9.78 Å². The minimum atomic E-state index is -0.0735. The van der Waals surface area contributed by atoms with E-state index >= 15 is 0 Å².